The van der Waals surface area contributed by atoms with Crippen molar-refractivity contribution in [1.82, 2.24) is 5.32 Å². The van der Waals surface area contributed by atoms with Gasteiger partial charge in [0.1, 0.15) is 4.32 Å². The smallest absolute Gasteiger partial charge is 0.134 e. The Hall–Kier alpha value is -0.280. The summed E-state index contributed by atoms with van der Waals surface area (Å²) in [4.78, 5) is 0. The molecule has 1 nitrogen and oxygen atoms in total. The van der Waals surface area contributed by atoms with Gasteiger partial charge in [-0.25, -0.2) is 0 Å². The summed E-state index contributed by atoms with van der Waals surface area (Å²) in [6.45, 7) is 3.66. The highest BCUT2D eigenvalue weighted by atomic mass is 32.2. The van der Waals surface area contributed by atoms with Gasteiger partial charge in [-0.2, -0.15) is 0 Å². The van der Waals surface area contributed by atoms with Crippen molar-refractivity contribution in [2.24, 2.45) is 0 Å². The lowest BCUT2D eigenvalue weighted by Gasteiger charge is -2.18. The second-order valence-electron chi connectivity index (χ2n) is 3.00. The molecular formula is C10H15NS2. The van der Waals surface area contributed by atoms with Crippen LogP contribution in [0.2, 0.25) is 0 Å². The van der Waals surface area contributed by atoms with E-state index in [9.17, 15) is 0 Å². The highest BCUT2D eigenvalue weighted by molar-refractivity contribution is 8.23. The van der Waals surface area contributed by atoms with Crippen LogP contribution in [0.4, 0.5) is 0 Å². The molecule has 0 aliphatic heterocycles. The Morgan fingerprint density at radius 2 is 2.62 bits per heavy atom. The third-order valence-corrected chi connectivity index (χ3v) is 3.14. The molecule has 0 aromatic heterocycles. The van der Waals surface area contributed by atoms with E-state index in [2.05, 4.69) is 24.0 Å². The first-order chi connectivity index (χ1) is 6.33. The van der Waals surface area contributed by atoms with Crippen LogP contribution in [-0.2, 0) is 0 Å². The first-order valence-corrected chi connectivity index (χ1v) is 5.93. The lowest BCUT2D eigenvalue weighted by molar-refractivity contribution is 0.606. The maximum atomic E-state index is 5.17. The summed E-state index contributed by atoms with van der Waals surface area (Å²) in [5.41, 5.74) is 0. The molecule has 0 aromatic carbocycles. The van der Waals surface area contributed by atoms with Gasteiger partial charge in [-0.3, -0.25) is 0 Å². The Morgan fingerprint density at radius 1 is 1.77 bits per heavy atom. The number of hydrogen-bond acceptors (Lipinski definition) is 2. The third kappa shape index (κ3) is 4.48. The second kappa shape index (κ2) is 6.22. The fourth-order valence-electron chi connectivity index (χ4n) is 1.26. The molecule has 0 radical (unpaired) electrons. The number of hydrogen-bond donors (Lipinski definition) is 1. The summed E-state index contributed by atoms with van der Waals surface area (Å²) >= 11 is 6.81. The fourth-order valence-corrected chi connectivity index (χ4v) is 2.12. The molecule has 1 atom stereocenters. The van der Waals surface area contributed by atoms with Crippen LogP contribution in [0.25, 0.3) is 0 Å². The molecule has 0 saturated heterocycles. The van der Waals surface area contributed by atoms with Gasteiger partial charge in [0.2, 0.25) is 0 Å². The molecule has 1 aliphatic carbocycles. The normalized spacial score (nSPS) is 21.1. The van der Waals surface area contributed by atoms with E-state index < -0.39 is 0 Å². The van der Waals surface area contributed by atoms with Crippen LogP contribution < -0.4 is 5.32 Å². The third-order valence-electron chi connectivity index (χ3n) is 1.89. The Labute approximate surface area is 89.7 Å². The summed E-state index contributed by atoms with van der Waals surface area (Å²) in [6, 6.07) is 0.457. The number of allylic oxidation sites excluding steroid dienone is 1. The molecule has 0 fully saturated rings. The van der Waals surface area contributed by atoms with Crippen LogP contribution >= 0.6 is 24.0 Å². The molecule has 0 aromatic rings. The molecule has 13 heavy (non-hydrogen) atoms. The van der Waals surface area contributed by atoms with Crippen molar-refractivity contribution in [3.8, 4) is 0 Å². The average molecular weight is 213 g/mol. The summed E-state index contributed by atoms with van der Waals surface area (Å²) < 4.78 is 0.886. The fraction of sp³-hybridized carbons (Fsp3) is 0.500. The van der Waals surface area contributed by atoms with Gasteiger partial charge in [0.15, 0.2) is 0 Å². The van der Waals surface area contributed by atoms with Crippen molar-refractivity contribution in [2.75, 3.05) is 5.75 Å². The SMILES string of the molecule is C=CCSC(=S)NC1C=CCCC1. The predicted octanol–water partition coefficient (Wildman–Crippen LogP) is 2.89. The summed E-state index contributed by atoms with van der Waals surface area (Å²) in [7, 11) is 0. The van der Waals surface area contributed by atoms with E-state index in [-0.39, 0.29) is 0 Å². The Bertz CT molecular complexity index is 211. The van der Waals surface area contributed by atoms with Crippen LogP contribution in [0.3, 0.4) is 0 Å². The molecule has 1 N–H and O–H groups in total. The van der Waals surface area contributed by atoms with E-state index in [1.807, 2.05) is 6.08 Å². The van der Waals surface area contributed by atoms with Gasteiger partial charge in [-0.1, -0.05) is 42.2 Å². The maximum Gasteiger partial charge on any atom is 0.134 e. The molecule has 1 unspecified atom stereocenters. The zero-order valence-corrected chi connectivity index (χ0v) is 9.29. The molecule has 0 saturated carbocycles. The molecule has 0 amide bonds. The number of thioether (sulfide) groups is 1. The second-order valence-corrected chi connectivity index (χ2v) is 4.69. The highest BCUT2D eigenvalue weighted by Crippen LogP contribution is 2.12. The molecule has 0 bridgehead atoms. The molecule has 0 spiro atoms. The van der Waals surface area contributed by atoms with Gasteiger partial charge in [0.25, 0.3) is 0 Å². The van der Waals surface area contributed by atoms with Crippen molar-refractivity contribution in [3.05, 3.63) is 24.8 Å². The van der Waals surface area contributed by atoms with Crippen LogP contribution in [0.15, 0.2) is 24.8 Å². The minimum atomic E-state index is 0.457. The van der Waals surface area contributed by atoms with Crippen LogP contribution in [0.1, 0.15) is 19.3 Å². The van der Waals surface area contributed by atoms with Crippen molar-refractivity contribution >= 4 is 28.3 Å². The first-order valence-electron chi connectivity index (χ1n) is 4.54. The van der Waals surface area contributed by atoms with Gasteiger partial charge in [-0.15, -0.1) is 6.58 Å². The summed E-state index contributed by atoms with van der Waals surface area (Å²) in [5, 5.41) is 3.31. The Balaban J connectivity index is 2.22. The van der Waals surface area contributed by atoms with E-state index in [1.54, 1.807) is 11.8 Å². The van der Waals surface area contributed by atoms with Crippen molar-refractivity contribution < 1.29 is 0 Å². The lowest BCUT2D eigenvalue weighted by Crippen LogP contribution is -2.31. The summed E-state index contributed by atoms with van der Waals surface area (Å²) in [5.74, 6) is 0.891. The lowest BCUT2D eigenvalue weighted by atomic mass is 10.0. The molecule has 3 heteroatoms. The predicted molar refractivity (Wildman–Crippen MR) is 65.2 cm³/mol. The average Bonchev–Trinajstić information content (AvgIpc) is 2.16. The van der Waals surface area contributed by atoms with E-state index in [0.29, 0.717) is 6.04 Å². The zero-order valence-electron chi connectivity index (χ0n) is 7.66. The highest BCUT2D eigenvalue weighted by Gasteiger charge is 2.08. The van der Waals surface area contributed by atoms with Crippen LogP contribution in [0.5, 0.6) is 0 Å². The molecular weight excluding hydrogens is 198 g/mol. The van der Waals surface area contributed by atoms with Crippen LogP contribution in [-0.4, -0.2) is 16.1 Å². The number of rotatable bonds is 3. The molecule has 0 heterocycles. The Kier molecular flexibility index (Phi) is 5.16. The minimum absolute atomic E-state index is 0.457. The standard InChI is InChI=1S/C10H15NS2/c1-2-8-13-10(12)11-9-6-4-3-5-7-9/h2,4,6,9H,1,3,5,7-8H2,(H,11,12). The molecule has 1 rings (SSSR count). The maximum absolute atomic E-state index is 5.17. The topological polar surface area (TPSA) is 12.0 Å². The first kappa shape index (κ1) is 10.8. The van der Waals surface area contributed by atoms with Crippen molar-refractivity contribution in [1.29, 1.82) is 0 Å². The zero-order chi connectivity index (χ0) is 9.52. The van der Waals surface area contributed by atoms with E-state index >= 15 is 0 Å². The van der Waals surface area contributed by atoms with Gasteiger partial charge in [0, 0.05) is 11.8 Å². The van der Waals surface area contributed by atoms with Gasteiger partial charge in [-0.05, 0) is 19.3 Å². The van der Waals surface area contributed by atoms with Crippen molar-refractivity contribution in [2.45, 2.75) is 25.3 Å². The van der Waals surface area contributed by atoms with Gasteiger partial charge in [0.05, 0.1) is 0 Å². The van der Waals surface area contributed by atoms with Crippen molar-refractivity contribution in [3.63, 3.8) is 0 Å². The summed E-state index contributed by atoms with van der Waals surface area (Å²) in [6.07, 6.45) is 9.99. The number of nitrogens with one attached hydrogen (secondary N) is 1. The van der Waals surface area contributed by atoms with E-state index in [0.717, 1.165) is 10.1 Å². The quantitative estimate of drug-likeness (QED) is 0.572. The molecule has 72 valence electrons. The van der Waals surface area contributed by atoms with Gasteiger partial charge >= 0.3 is 0 Å². The Morgan fingerprint density at radius 3 is 3.23 bits per heavy atom. The number of thiocarbonyl (C=S) groups is 1. The largest absolute Gasteiger partial charge is 0.365 e. The van der Waals surface area contributed by atoms with E-state index in [4.69, 9.17) is 12.2 Å². The van der Waals surface area contributed by atoms with E-state index in [1.165, 1.54) is 19.3 Å². The van der Waals surface area contributed by atoms with Gasteiger partial charge < -0.3 is 5.32 Å². The van der Waals surface area contributed by atoms with Crippen LogP contribution in [0, 0.1) is 0 Å². The minimum Gasteiger partial charge on any atom is -0.365 e. The molecule has 1 aliphatic rings. The monoisotopic (exact) mass is 213 g/mol.